The Labute approximate surface area is 161 Å². The lowest BCUT2D eigenvalue weighted by Gasteiger charge is -2.34. The van der Waals surface area contributed by atoms with Crippen molar-refractivity contribution >= 4 is 17.6 Å². The summed E-state index contributed by atoms with van der Waals surface area (Å²) in [5.74, 6) is 0.843. The highest BCUT2D eigenvalue weighted by Gasteiger charge is 2.22. The van der Waals surface area contributed by atoms with Crippen molar-refractivity contribution < 1.29 is 9.47 Å². The van der Waals surface area contributed by atoms with Crippen LogP contribution in [0.1, 0.15) is 24.9 Å². The van der Waals surface area contributed by atoms with E-state index in [2.05, 4.69) is 34.6 Å². The van der Waals surface area contributed by atoms with E-state index in [4.69, 9.17) is 26.1 Å². The Morgan fingerprint density at radius 3 is 2.65 bits per heavy atom. The van der Waals surface area contributed by atoms with Crippen LogP contribution in [0.25, 0.3) is 0 Å². The molecular weight excluding hydrogens is 352 g/mol. The van der Waals surface area contributed by atoms with Crippen LogP contribution in [-0.4, -0.2) is 70.5 Å². The first-order valence-corrected chi connectivity index (χ1v) is 9.70. The van der Waals surface area contributed by atoms with Gasteiger partial charge in [0.25, 0.3) is 0 Å². The van der Waals surface area contributed by atoms with E-state index in [-0.39, 0.29) is 6.04 Å². The molecule has 0 aliphatic carbocycles. The van der Waals surface area contributed by atoms with E-state index in [1.54, 1.807) is 7.11 Å². The Kier molecular flexibility index (Phi) is 9.77. The molecule has 26 heavy (non-hydrogen) atoms. The molecule has 0 aromatic heterocycles. The Morgan fingerprint density at radius 2 is 2.00 bits per heavy atom. The number of halogens is 1. The van der Waals surface area contributed by atoms with Crippen molar-refractivity contribution in [2.24, 2.45) is 4.99 Å². The van der Waals surface area contributed by atoms with Crippen molar-refractivity contribution in [2.75, 3.05) is 59.7 Å². The summed E-state index contributed by atoms with van der Waals surface area (Å²) in [6.07, 6.45) is 0.949. The fraction of sp³-hybridized carbons (Fsp3) is 0.632. The molecule has 1 aromatic carbocycles. The molecule has 2 rings (SSSR count). The molecule has 146 valence electrons. The van der Waals surface area contributed by atoms with E-state index in [9.17, 15) is 0 Å². The second kappa shape index (κ2) is 12.1. The number of nitrogens with one attached hydrogen (secondary N) is 2. The maximum absolute atomic E-state index is 6.06. The first kappa shape index (κ1) is 21.0. The molecule has 1 aromatic rings. The highest BCUT2D eigenvalue weighted by atomic mass is 35.5. The topological polar surface area (TPSA) is 58.1 Å². The first-order chi connectivity index (χ1) is 12.7. The average molecular weight is 383 g/mol. The molecule has 0 amide bonds. The highest BCUT2D eigenvalue weighted by Crippen LogP contribution is 2.24. The Morgan fingerprint density at radius 1 is 1.27 bits per heavy atom. The van der Waals surface area contributed by atoms with Crippen LogP contribution in [0.5, 0.6) is 0 Å². The lowest BCUT2D eigenvalue weighted by molar-refractivity contribution is 0.0179. The molecule has 1 heterocycles. The maximum atomic E-state index is 6.06. The third-order valence-electron chi connectivity index (χ3n) is 4.33. The van der Waals surface area contributed by atoms with Gasteiger partial charge in [-0.3, -0.25) is 9.89 Å². The molecule has 1 fully saturated rings. The predicted molar refractivity (Wildman–Crippen MR) is 107 cm³/mol. The minimum atomic E-state index is 0.214. The van der Waals surface area contributed by atoms with E-state index >= 15 is 0 Å². The molecule has 1 aliphatic heterocycles. The third kappa shape index (κ3) is 7.11. The molecule has 1 unspecified atom stereocenters. The van der Waals surface area contributed by atoms with Gasteiger partial charge in [-0.25, -0.2) is 0 Å². The summed E-state index contributed by atoms with van der Waals surface area (Å²) in [6.45, 7) is 8.54. The van der Waals surface area contributed by atoms with E-state index in [0.29, 0.717) is 6.54 Å². The minimum Gasteiger partial charge on any atom is -0.385 e. The predicted octanol–water partition coefficient (Wildman–Crippen LogP) is 2.30. The number of aliphatic imine (C=N–C) groups is 1. The van der Waals surface area contributed by atoms with Crippen LogP contribution in [-0.2, 0) is 9.47 Å². The fourth-order valence-electron chi connectivity index (χ4n) is 2.95. The summed E-state index contributed by atoms with van der Waals surface area (Å²) < 4.78 is 10.6. The van der Waals surface area contributed by atoms with E-state index in [1.807, 2.05) is 12.1 Å². The van der Waals surface area contributed by atoms with Gasteiger partial charge in [0.2, 0.25) is 0 Å². The number of nitrogens with zero attached hydrogens (tertiary/aromatic N) is 2. The highest BCUT2D eigenvalue weighted by molar-refractivity contribution is 6.30. The van der Waals surface area contributed by atoms with Crippen LogP contribution in [0.4, 0.5) is 0 Å². The Bertz CT molecular complexity index is 533. The molecule has 1 atom stereocenters. The second-order valence-electron chi connectivity index (χ2n) is 6.21. The summed E-state index contributed by atoms with van der Waals surface area (Å²) in [4.78, 5) is 7.26. The van der Waals surface area contributed by atoms with E-state index < -0.39 is 0 Å². The van der Waals surface area contributed by atoms with Crippen LogP contribution in [0.2, 0.25) is 5.02 Å². The van der Waals surface area contributed by atoms with Gasteiger partial charge in [-0.15, -0.1) is 0 Å². The number of guanidine groups is 1. The number of hydrogen-bond donors (Lipinski definition) is 2. The number of hydrogen-bond acceptors (Lipinski definition) is 4. The number of morpholine rings is 1. The van der Waals surface area contributed by atoms with Crippen LogP contribution in [0.15, 0.2) is 29.3 Å². The van der Waals surface area contributed by atoms with Gasteiger partial charge in [-0.1, -0.05) is 23.7 Å². The average Bonchev–Trinajstić information content (AvgIpc) is 2.67. The lowest BCUT2D eigenvalue weighted by Crippen LogP contribution is -2.42. The van der Waals surface area contributed by atoms with Crippen LogP contribution >= 0.6 is 11.6 Å². The van der Waals surface area contributed by atoms with Gasteiger partial charge < -0.3 is 20.1 Å². The van der Waals surface area contributed by atoms with Gasteiger partial charge in [-0.05, 0) is 31.0 Å². The van der Waals surface area contributed by atoms with E-state index in [0.717, 1.165) is 63.4 Å². The lowest BCUT2D eigenvalue weighted by atomic mass is 10.0. The van der Waals surface area contributed by atoms with Crippen LogP contribution < -0.4 is 10.6 Å². The summed E-state index contributed by atoms with van der Waals surface area (Å²) in [6, 6.07) is 8.30. The number of rotatable bonds is 9. The van der Waals surface area contributed by atoms with Gasteiger partial charge in [0, 0.05) is 44.9 Å². The van der Waals surface area contributed by atoms with Crippen LogP contribution in [0, 0.1) is 0 Å². The quantitative estimate of drug-likeness (QED) is 0.390. The molecule has 6 nitrogen and oxygen atoms in total. The van der Waals surface area contributed by atoms with Crippen LogP contribution in [0.3, 0.4) is 0 Å². The van der Waals surface area contributed by atoms with Gasteiger partial charge in [-0.2, -0.15) is 0 Å². The number of ether oxygens (including phenoxy) is 2. The van der Waals surface area contributed by atoms with Gasteiger partial charge in [0.1, 0.15) is 0 Å². The normalized spacial score (nSPS) is 17.1. The van der Waals surface area contributed by atoms with Crippen molar-refractivity contribution in [2.45, 2.75) is 19.4 Å². The summed E-state index contributed by atoms with van der Waals surface area (Å²) in [5.41, 5.74) is 1.23. The minimum absolute atomic E-state index is 0.214. The molecule has 1 aliphatic rings. The van der Waals surface area contributed by atoms with Gasteiger partial charge in [0.15, 0.2) is 5.96 Å². The van der Waals surface area contributed by atoms with Gasteiger partial charge in [0.05, 0.1) is 25.8 Å². The summed E-state index contributed by atoms with van der Waals surface area (Å²) >= 11 is 6.06. The molecule has 0 bridgehead atoms. The van der Waals surface area contributed by atoms with Crippen molar-refractivity contribution in [1.82, 2.24) is 15.5 Å². The maximum Gasteiger partial charge on any atom is 0.191 e. The molecule has 2 N–H and O–H groups in total. The standard InChI is InChI=1S/C19H31ClN4O2/c1-3-21-19(22-9-4-12-25-2)23-15-18(24-10-13-26-14-11-24)16-5-7-17(20)8-6-16/h5-8,18H,3-4,9-15H2,1-2H3,(H2,21,22,23). The zero-order chi connectivity index (χ0) is 18.6. The van der Waals surface area contributed by atoms with Crippen molar-refractivity contribution in [3.63, 3.8) is 0 Å². The summed E-state index contributed by atoms with van der Waals surface area (Å²) in [5, 5.41) is 7.44. The monoisotopic (exact) mass is 382 g/mol. The van der Waals surface area contributed by atoms with E-state index in [1.165, 1.54) is 5.56 Å². The zero-order valence-corrected chi connectivity index (χ0v) is 16.6. The fourth-order valence-corrected chi connectivity index (χ4v) is 3.07. The third-order valence-corrected chi connectivity index (χ3v) is 4.58. The van der Waals surface area contributed by atoms with Crippen molar-refractivity contribution in [3.8, 4) is 0 Å². The molecule has 0 spiro atoms. The SMILES string of the molecule is CCNC(=NCC(c1ccc(Cl)cc1)N1CCOCC1)NCCCOC. The molecule has 7 heteroatoms. The van der Waals surface area contributed by atoms with Crippen molar-refractivity contribution in [1.29, 1.82) is 0 Å². The number of benzene rings is 1. The molecule has 1 saturated heterocycles. The van der Waals surface area contributed by atoms with Gasteiger partial charge >= 0.3 is 0 Å². The largest absolute Gasteiger partial charge is 0.385 e. The summed E-state index contributed by atoms with van der Waals surface area (Å²) in [7, 11) is 1.72. The molecule has 0 radical (unpaired) electrons. The molecule has 0 saturated carbocycles. The second-order valence-corrected chi connectivity index (χ2v) is 6.64. The number of methoxy groups -OCH3 is 1. The Hall–Kier alpha value is -1.34. The zero-order valence-electron chi connectivity index (χ0n) is 15.8. The van der Waals surface area contributed by atoms with Crippen molar-refractivity contribution in [3.05, 3.63) is 34.9 Å². The smallest absolute Gasteiger partial charge is 0.191 e. The molecular formula is C19H31ClN4O2. The first-order valence-electron chi connectivity index (χ1n) is 9.33. The Balaban J connectivity index is 2.06.